The number of benzene rings is 1. The van der Waals surface area contributed by atoms with Crippen LogP contribution in [0.5, 0.6) is 5.75 Å². The minimum absolute atomic E-state index is 0.108. The second-order valence-corrected chi connectivity index (χ2v) is 11.6. The number of morpholine rings is 1. The Morgan fingerprint density at radius 1 is 1.21 bits per heavy atom. The topological polar surface area (TPSA) is 83.1 Å². The van der Waals surface area contributed by atoms with Crippen LogP contribution < -0.4 is 15.4 Å². The number of nitrogens with one attached hydrogen (secondary N) is 2. The summed E-state index contributed by atoms with van der Waals surface area (Å²) in [6.07, 6.45) is -0.514. The third-order valence-corrected chi connectivity index (χ3v) is 7.70. The molecule has 3 heterocycles. The number of fused-ring (bicyclic) bond motifs is 1. The predicted octanol–water partition coefficient (Wildman–Crippen LogP) is 3.87. The fourth-order valence-corrected chi connectivity index (χ4v) is 5.81. The second kappa shape index (κ2) is 11.7. The fraction of sp³-hybridized carbons (Fsp3) is 0.607. The average molecular weight is 572 g/mol. The number of rotatable bonds is 6. The highest BCUT2D eigenvalue weighted by molar-refractivity contribution is 6.30. The first-order valence-corrected chi connectivity index (χ1v) is 13.7. The molecule has 1 saturated heterocycles. The molecule has 39 heavy (non-hydrogen) atoms. The molecule has 1 amide bonds. The minimum atomic E-state index is -4.91. The van der Waals surface area contributed by atoms with Crippen LogP contribution in [0.3, 0.4) is 0 Å². The van der Waals surface area contributed by atoms with E-state index in [9.17, 15) is 23.1 Å². The van der Waals surface area contributed by atoms with E-state index in [2.05, 4.69) is 10.6 Å². The Labute approximate surface area is 232 Å². The number of aliphatic hydroxyl groups is 1. The molecule has 3 unspecified atom stereocenters. The predicted molar refractivity (Wildman–Crippen MR) is 143 cm³/mol. The summed E-state index contributed by atoms with van der Waals surface area (Å²) in [6.45, 7) is 7.67. The van der Waals surface area contributed by atoms with Gasteiger partial charge in [-0.3, -0.25) is 10.1 Å². The third kappa shape index (κ3) is 6.90. The van der Waals surface area contributed by atoms with E-state index in [0.29, 0.717) is 55.7 Å². The normalized spacial score (nSPS) is 25.2. The number of alkyl halides is 3. The average Bonchev–Trinajstić information content (AvgIpc) is 3.34. The molecule has 3 aliphatic rings. The summed E-state index contributed by atoms with van der Waals surface area (Å²) < 4.78 is 54.7. The molecule has 0 spiro atoms. The van der Waals surface area contributed by atoms with Crippen molar-refractivity contribution in [2.24, 2.45) is 0 Å². The Morgan fingerprint density at radius 2 is 1.92 bits per heavy atom. The third-order valence-electron chi connectivity index (χ3n) is 7.48. The lowest BCUT2D eigenvalue weighted by molar-refractivity contribution is -0.266. The molecule has 1 fully saturated rings. The van der Waals surface area contributed by atoms with Crippen molar-refractivity contribution in [2.75, 3.05) is 39.5 Å². The van der Waals surface area contributed by atoms with Crippen molar-refractivity contribution in [3.8, 4) is 5.75 Å². The van der Waals surface area contributed by atoms with E-state index in [-0.39, 0.29) is 18.1 Å². The molecule has 216 valence electrons. The van der Waals surface area contributed by atoms with Crippen molar-refractivity contribution >= 4 is 17.5 Å². The van der Waals surface area contributed by atoms with Crippen LogP contribution in [0.4, 0.5) is 13.2 Å². The summed E-state index contributed by atoms with van der Waals surface area (Å²) >= 11 is 6.29. The largest absolute Gasteiger partial charge is 0.493 e. The first-order chi connectivity index (χ1) is 18.3. The summed E-state index contributed by atoms with van der Waals surface area (Å²) in [5.41, 5.74) is -2.51. The van der Waals surface area contributed by atoms with Gasteiger partial charge in [0.05, 0.1) is 19.8 Å². The van der Waals surface area contributed by atoms with Gasteiger partial charge in [0.15, 0.2) is 5.60 Å². The number of hydrogen-bond acceptors (Lipinski definition) is 6. The number of carbonyl (C=O) groups is 1. The molecule has 7 nitrogen and oxygen atoms in total. The first kappa shape index (κ1) is 29.7. The first-order valence-electron chi connectivity index (χ1n) is 13.3. The smallest absolute Gasteiger partial charge is 0.417 e. The molecule has 1 aromatic carbocycles. The molecule has 1 aromatic rings. The summed E-state index contributed by atoms with van der Waals surface area (Å²) in [7, 11) is 0. The zero-order valence-corrected chi connectivity index (χ0v) is 23.3. The van der Waals surface area contributed by atoms with Crippen molar-refractivity contribution in [3.05, 3.63) is 52.2 Å². The molecule has 4 rings (SSSR count). The lowest BCUT2D eigenvalue weighted by atomic mass is 9.72. The Hall–Kier alpha value is -2.27. The summed E-state index contributed by atoms with van der Waals surface area (Å²) in [5.74, 6) is 0.440. The van der Waals surface area contributed by atoms with Crippen LogP contribution in [0.25, 0.3) is 0 Å². The molecule has 3 N–H and O–H groups in total. The summed E-state index contributed by atoms with van der Waals surface area (Å²) in [4.78, 5) is 14.7. The molecule has 0 bridgehead atoms. The molecule has 11 heteroatoms. The van der Waals surface area contributed by atoms with E-state index in [1.807, 2.05) is 0 Å². The number of amides is 1. The Kier molecular flexibility index (Phi) is 8.90. The maximum absolute atomic E-state index is 14.5. The van der Waals surface area contributed by atoms with Gasteiger partial charge in [0.25, 0.3) is 0 Å². The molecule has 0 aliphatic carbocycles. The van der Waals surface area contributed by atoms with Crippen LogP contribution in [-0.2, 0) is 21.4 Å². The van der Waals surface area contributed by atoms with Crippen LogP contribution >= 0.6 is 11.6 Å². The lowest BCUT2D eigenvalue weighted by Crippen LogP contribution is -2.51. The van der Waals surface area contributed by atoms with Gasteiger partial charge in [0.2, 0.25) is 5.91 Å². The van der Waals surface area contributed by atoms with E-state index in [0.717, 1.165) is 5.56 Å². The Morgan fingerprint density at radius 3 is 2.62 bits per heavy atom. The van der Waals surface area contributed by atoms with Gasteiger partial charge in [0.1, 0.15) is 11.8 Å². The second-order valence-electron chi connectivity index (χ2n) is 11.2. The molecule has 3 aliphatic heterocycles. The fourth-order valence-electron chi connectivity index (χ4n) is 5.57. The van der Waals surface area contributed by atoms with Crippen molar-refractivity contribution in [2.45, 2.75) is 69.3 Å². The maximum Gasteiger partial charge on any atom is 0.417 e. The highest BCUT2D eigenvalue weighted by atomic mass is 35.5. The van der Waals surface area contributed by atoms with Crippen molar-refractivity contribution in [3.63, 3.8) is 0 Å². The van der Waals surface area contributed by atoms with Gasteiger partial charge in [-0.1, -0.05) is 37.6 Å². The van der Waals surface area contributed by atoms with Crippen LogP contribution in [0.15, 0.2) is 36.1 Å². The SMILES string of the molecule is CC1/C=C(/CC(O)(CC(C)(C)c2cc(Cl)cc3c2OCC3)C(F)(F)F)NCC=CC(C(=O)N2CCOCC2)N1. The summed E-state index contributed by atoms with van der Waals surface area (Å²) in [6, 6.07) is 2.33. The lowest BCUT2D eigenvalue weighted by Gasteiger charge is -2.39. The van der Waals surface area contributed by atoms with Gasteiger partial charge in [0, 0.05) is 54.8 Å². The van der Waals surface area contributed by atoms with Crippen molar-refractivity contribution in [1.82, 2.24) is 15.5 Å². The molecular weight excluding hydrogens is 535 g/mol. The van der Waals surface area contributed by atoms with E-state index in [4.69, 9.17) is 21.1 Å². The molecule has 3 atom stereocenters. The van der Waals surface area contributed by atoms with Gasteiger partial charge >= 0.3 is 6.18 Å². The van der Waals surface area contributed by atoms with Gasteiger partial charge in [-0.2, -0.15) is 13.2 Å². The van der Waals surface area contributed by atoms with E-state index >= 15 is 0 Å². The summed E-state index contributed by atoms with van der Waals surface area (Å²) in [5, 5.41) is 17.9. The van der Waals surface area contributed by atoms with Crippen molar-refractivity contribution in [1.29, 1.82) is 0 Å². The quantitative estimate of drug-likeness (QED) is 0.450. The zero-order chi connectivity index (χ0) is 28.4. The molecule has 0 radical (unpaired) electrons. The molecular formula is C28H37ClF3N3O4. The highest BCUT2D eigenvalue weighted by Gasteiger charge is 2.56. The standard InChI is InChI=1S/C28H37ClF3N3O4/c1-18-13-21(33-7-4-5-23(34-18)25(36)35-8-11-38-12-9-35)16-27(37,28(30,31)32)17-26(2,3)22-15-20(29)14-19-6-10-39-24(19)22/h4-5,13-15,18,23,33-34,37H,6-12,16-17H2,1-3H3/b5-4?,21-13-. The number of ether oxygens (including phenoxy) is 2. The monoisotopic (exact) mass is 571 g/mol. The molecule has 0 saturated carbocycles. The van der Waals surface area contributed by atoms with E-state index in [1.54, 1.807) is 56.0 Å². The van der Waals surface area contributed by atoms with E-state index in [1.165, 1.54) is 0 Å². The Bertz CT molecular complexity index is 1120. The zero-order valence-electron chi connectivity index (χ0n) is 22.5. The van der Waals surface area contributed by atoms with E-state index < -0.39 is 42.1 Å². The number of carbonyl (C=O) groups excluding carboxylic acids is 1. The number of nitrogens with zero attached hydrogens (tertiary/aromatic N) is 1. The van der Waals surface area contributed by atoms with Gasteiger partial charge < -0.3 is 24.8 Å². The molecule has 0 aromatic heterocycles. The maximum atomic E-state index is 14.5. The van der Waals surface area contributed by atoms with Crippen LogP contribution in [0, 0.1) is 0 Å². The van der Waals surface area contributed by atoms with Gasteiger partial charge in [-0.05, 0) is 42.5 Å². The minimum Gasteiger partial charge on any atom is -0.493 e. The van der Waals surface area contributed by atoms with Gasteiger partial charge in [-0.15, -0.1) is 0 Å². The Balaban J connectivity index is 1.55. The van der Waals surface area contributed by atoms with Crippen LogP contribution in [0.2, 0.25) is 5.02 Å². The highest BCUT2D eigenvalue weighted by Crippen LogP contribution is 2.48. The van der Waals surface area contributed by atoms with Crippen molar-refractivity contribution < 1.29 is 32.5 Å². The van der Waals surface area contributed by atoms with Crippen LogP contribution in [-0.4, -0.2) is 79.2 Å². The number of hydrogen-bond donors (Lipinski definition) is 3. The van der Waals surface area contributed by atoms with Gasteiger partial charge in [-0.25, -0.2) is 0 Å². The number of halogens is 4. The van der Waals surface area contributed by atoms with Crippen LogP contribution in [0.1, 0.15) is 44.7 Å².